The second-order valence-electron chi connectivity index (χ2n) is 10.8. The molecule has 0 amide bonds. The number of imidazole rings is 1. The predicted octanol–water partition coefficient (Wildman–Crippen LogP) is 5.60. The number of carboxylic acid groups (broad SMARTS) is 1. The third-order valence-corrected chi connectivity index (χ3v) is 8.15. The number of aromatic nitrogens is 4. The van der Waals surface area contributed by atoms with Gasteiger partial charge < -0.3 is 26.0 Å². The van der Waals surface area contributed by atoms with Gasteiger partial charge in [-0.1, -0.05) is 62.1 Å². The maximum absolute atomic E-state index is 11.1. The molecule has 2 aromatic heterocycles. The molecule has 0 radical (unpaired) electrons. The van der Waals surface area contributed by atoms with Crippen LogP contribution in [0.15, 0.2) is 54.9 Å². The van der Waals surface area contributed by atoms with Crippen LogP contribution in [0.1, 0.15) is 73.3 Å². The zero-order valence-electron chi connectivity index (χ0n) is 22.0. The molecule has 9 nitrogen and oxygen atoms in total. The molecule has 2 heterocycles. The molecule has 202 valence electrons. The Morgan fingerprint density at radius 2 is 1.59 bits per heavy atom. The van der Waals surface area contributed by atoms with Crippen molar-refractivity contribution in [2.75, 3.05) is 10.6 Å². The normalized spacial score (nSPS) is 19.8. The molecule has 9 heteroatoms. The SMILES string of the molecule is NC1CCCCC1Nc1nc(NCc2ccc(-c3ccc(C(=O)O)cc3)cc2)c2ncn(C3CCCC3)c2n1. The highest BCUT2D eigenvalue weighted by Crippen LogP contribution is 2.33. The third kappa shape index (κ3) is 5.45. The molecule has 0 aliphatic heterocycles. The maximum atomic E-state index is 11.1. The summed E-state index contributed by atoms with van der Waals surface area (Å²) in [5.74, 6) is 0.402. The number of carboxylic acids is 1. The number of fused-ring (bicyclic) bond motifs is 1. The number of aromatic carboxylic acids is 1. The van der Waals surface area contributed by atoms with Crippen molar-refractivity contribution in [3.8, 4) is 11.1 Å². The standard InChI is InChI=1S/C30H35N7O2/c31-24-7-3-4-8-25(24)34-30-35-27(26-28(36-30)37(18-33-26)23-5-1-2-6-23)32-17-19-9-11-20(12-10-19)21-13-15-22(16-14-21)29(38)39/h9-16,18,23-25H,1-8,17,31H2,(H,38,39)(H2,32,34,35,36). The Morgan fingerprint density at radius 1 is 0.923 bits per heavy atom. The Kier molecular flexibility index (Phi) is 7.15. The summed E-state index contributed by atoms with van der Waals surface area (Å²) in [4.78, 5) is 25.7. The lowest BCUT2D eigenvalue weighted by molar-refractivity contribution is 0.0697. The summed E-state index contributed by atoms with van der Waals surface area (Å²) >= 11 is 0. The van der Waals surface area contributed by atoms with E-state index in [0.717, 1.165) is 59.4 Å². The zero-order chi connectivity index (χ0) is 26.8. The quantitative estimate of drug-likeness (QED) is 0.234. The van der Waals surface area contributed by atoms with Gasteiger partial charge in [0.25, 0.3) is 0 Å². The number of rotatable bonds is 8. The van der Waals surface area contributed by atoms with E-state index in [0.29, 0.717) is 18.5 Å². The summed E-state index contributed by atoms with van der Waals surface area (Å²) in [5.41, 5.74) is 11.5. The Hall–Kier alpha value is -3.98. The highest BCUT2D eigenvalue weighted by Gasteiger charge is 2.25. The molecule has 0 spiro atoms. The molecule has 2 saturated carbocycles. The first kappa shape index (κ1) is 25.3. The van der Waals surface area contributed by atoms with E-state index in [-0.39, 0.29) is 17.6 Å². The summed E-state index contributed by atoms with van der Waals surface area (Å²) in [6.07, 6.45) is 11.1. The lowest BCUT2D eigenvalue weighted by Gasteiger charge is -2.29. The van der Waals surface area contributed by atoms with Gasteiger partial charge in [-0.05, 0) is 54.5 Å². The first-order valence-corrected chi connectivity index (χ1v) is 14.0. The van der Waals surface area contributed by atoms with Crippen molar-refractivity contribution < 1.29 is 9.90 Å². The molecular formula is C30H35N7O2. The fourth-order valence-corrected chi connectivity index (χ4v) is 5.86. The van der Waals surface area contributed by atoms with E-state index in [1.54, 1.807) is 12.1 Å². The first-order chi connectivity index (χ1) is 19.0. The average Bonchev–Trinajstić information content (AvgIpc) is 3.64. The summed E-state index contributed by atoms with van der Waals surface area (Å²) in [6, 6.07) is 15.9. The van der Waals surface area contributed by atoms with Crippen LogP contribution in [0, 0.1) is 0 Å². The Bertz CT molecular complexity index is 1440. The van der Waals surface area contributed by atoms with E-state index in [1.807, 2.05) is 18.5 Å². The van der Waals surface area contributed by atoms with Crippen molar-refractivity contribution in [2.24, 2.45) is 5.73 Å². The molecule has 4 aromatic rings. The van der Waals surface area contributed by atoms with Gasteiger partial charge in [0, 0.05) is 24.7 Å². The van der Waals surface area contributed by atoms with E-state index in [9.17, 15) is 4.79 Å². The fraction of sp³-hybridized carbons (Fsp3) is 0.400. The van der Waals surface area contributed by atoms with E-state index in [2.05, 4.69) is 39.5 Å². The topological polar surface area (TPSA) is 131 Å². The molecule has 0 bridgehead atoms. The number of nitrogens with two attached hydrogens (primary N) is 1. The van der Waals surface area contributed by atoms with Gasteiger partial charge in [0.1, 0.15) is 0 Å². The van der Waals surface area contributed by atoms with Gasteiger partial charge in [0.2, 0.25) is 5.95 Å². The van der Waals surface area contributed by atoms with Gasteiger partial charge in [-0.2, -0.15) is 9.97 Å². The van der Waals surface area contributed by atoms with Crippen molar-refractivity contribution >= 4 is 28.9 Å². The molecule has 2 aromatic carbocycles. The fourth-order valence-electron chi connectivity index (χ4n) is 5.86. The summed E-state index contributed by atoms with van der Waals surface area (Å²) < 4.78 is 2.23. The van der Waals surface area contributed by atoms with Crippen LogP contribution >= 0.6 is 0 Å². The number of nitrogens with zero attached hydrogens (tertiary/aromatic N) is 4. The minimum absolute atomic E-state index is 0.105. The molecule has 2 aliphatic rings. The molecule has 5 N–H and O–H groups in total. The van der Waals surface area contributed by atoms with Crippen LogP contribution in [0.3, 0.4) is 0 Å². The zero-order valence-corrected chi connectivity index (χ0v) is 22.0. The van der Waals surface area contributed by atoms with Gasteiger partial charge in [0.05, 0.1) is 11.9 Å². The summed E-state index contributed by atoms with van der Waals surface area (Å²) in [7, 11) is 0. The van der Waals surface area contributed by atoms with Crippen LogP contribution in [-0.2, 0) is 6.54 Å². The van der Waals surface area contributed by atoms with Gasteiger partial charge in [-0.3, -0.25) is 0 Å². The van der Waals surface area contributed by atoms with Crippen LogP contribution in [0.2, 0.25) is 0 Å². The van der Waals surface area contributed by atoms with Gasteiger partial charge in [-0.25, -0.2) is 9.78 Å². The molecular weight excluding hydrogens is 490 g/mol. The van der Waals surface area contributed by atoms with Gasteiger partial charge in [-0.15, -0.1) is 0 Å². The van der Waals surface area contributed by atoms with Crippen molar-refractivity contribution in [3.63, 3.8) is 0 Å². The smallest absolute Gasteiger partial charge is 0.335 e. The molecule has 6 rings (SSSR count). The monoisotopic (exact) mass is 525 g/mol. The first-order valence-electron chi connectivity index (χ1n) is 14.0. The second kappa shape index (κ2) is 11.0. The summed E-state index contributed by atoms with van der Waals surface area (Å²) in [6.45, 7) is 0.586. The Labute approximate surface area is 227 Å². The van der Waals surface area contributed by atoms with Crippen molar-refractivity contribution in [1.29, 1.82) is 0 Å². The molecule has 2 unspecified atom stereocenters. The van der Waals surface area contributed by atoms with E-state index >= 15 is 0 Å². The highest BCUT2D eigenvalue weighted by molar-refractivity contribution is 5.88. The predicted molar refractivity (Wildman–Crippen MR) is 153 cm³/mol. The van der Waals surface area contributed by atoms with Crippen LogP contribution in [0.4, 0.5) is 11.8 Å². The Morgan fingerprint density at radius 3 is 2.28 bits per heavy atom. The number of anilines is 2. The maximum Gasteiger partial charge on any atom is 0.335 e. The van der Waals surface area contributed by atoms with Crippen molar-refractivity contribution in [3.05, 3.63) is 66.0 Å². The number of hydrogen-bond acceptors (Lipinski definition) is 7. The average molecular weight is 526 g/mol. The van der Waals surface area contributed by atoms with E-state index < -0.39 is 5.97 Å². The second-order valence-corrected chi connectivity index (χ2v) is 10.8. The number of benzene rings is 2. The highest BCUT2D eigenvalue weighted by atomic mass is 16.4. The minimum Gasteiger partial charge on any atom is -0.478 e. The largest absolute Gasteiger partial charge is 0.478 e. The minimum atomic E-state index is -0.921. The van der Waals surface area contributed by atoms with Crippen LogP contribution in [-0.4, -0.2) is 42.7 Å². The molecule has 39 heavy (non-hydrogen) atoms. The van der Waals surface area contributed by atoms with Crippen LogP contribution < -0.4 is 16.4 Å². The molecule has 2 atom stereocenters. The molecule has 0 saturated heterocycles. The number of nitrogens with one attached hydrogen (secondary N) is 2. The third-order valence-electron chi connectivity index (χ3n) is 8.15. The van der Waals surface area contributed by atoms with Crippen molar-refractivity contribution in [2.45, 2.75) is 76.0 Å². The lowest BCUT2D eigenvalue weighted by Crippen LogP contribution is -2.43. The van der Waals surface area contributed by atoms with E-state index in [4.69, 9.17) is 25.8 Å². The number of carbonyl (C=O) groups is 1. The molecule has 2 aliphatic carbocycles. The number of hydrogen-bond donors (Lipinski definition) is 4. The van der Waals surface area contributed by atoms with Crippen LogP contribution in [0.25, 0.3) is 22.3 Å². The van der Waals surface area contributed by atoms with Gasteiger partial charge >= 0.3 is 5.97 Å². The summed E-state index contributed by atoms with van der Waals surface area (Å²) in [5, 5.41) is 16.2. The van der Waals surface area contributed by atoms with Crippen LogP contribution in [0.5, 0.6) is 0 Å². The Balaban J connectivity index is 1.23. The lowest BCUT2D eigenvalue weighted by atomic mass is 9.91. The van der Waals surface area contributed by atoms with Crippen molar-refractivity contribution in [1.82, 2.24) is 19.5 Å². The van der Waals surface area contributed by atoms with E-state index in [1.165, 1.54) is 25.7 Å². The molecule has 2 fully saturated rings. The van der Waals surface area contributed by atoms with Gasteiger partial charge in [0.15, 0.2) is 17.0 Å².